The largest absolute Gasteiger partial charge is 0.481 e. The molecule has 5 saturated carbocycles. The Hall–Kier alpha value is -3.42. The minimum Gasteiger partial charge on any atom is -0.481 e. The van der Waals surface area contributed by atoms with Gasteiger partial charge in [-0.05, 0) is 142 Å². The molecule has 1 amide bonds. The summed E-state index contributed by atoms with van der Waals surface area (Å²) in [6.45, 7) is 26.7. The van der Waals surface area contributed by atoms with Gasteiger partial charge in [0.15, 0.2) is 0 Å². The predicted octanol–water partition coefficient (Wildman–Crippen LogP) is 11.0. The molecule has 5 aliphatic carbocycles. The van der Waals surface area contributed by atoms with Crippen LogP contribution >= 0.6 is 0 Å². The summed E-state index contributed by atoms with van der Waals surface area (Å²) in [7, 11) is 0. The van der Waals surface area contributed by atoms with Crippen molar-refractivity contribution in [2.24, 2.45) is 68.0 Å². The number of allylic oxidation sites excluding steroid dienone is 1. The standard InChI is InChI=1S/C49H71N3O5/c1-29(2)32-19-24-49(42(54)52-40(30(3)4)41-50-28-34(51-41)31-15-13-12-14-16-31)26-25-47(10)33(39(32)49)17-18-36-46(9)22-21-37(57-38(53)27-44(5,6)43(55)56)45(7,8)35(46)20-23-48(36,47)11/h12-16,28,30,32-33,35-37,39-40H,1,17-27H2,2-11H3,(H,50,51)(H,52,54)(H,55,56)/t32-,33+,35-,36+,37-,39+,40-,46-,47+,48+,49-/m0/s1. The Morgan fingerprint density at radius 1 is 0.930 bits per heavy atom. The van der Waals surface area contributed by atoms with Gasteiger partial charge in [-0.15, -0.1) is 0 Å². The molecule has 0 bridgehead atoms. The molecule has 0 aliphatic heterocycles. The monoisotopic (exact) mass is 782 g/mol. The number of imidazole rings is 1. The summed E-state index contributed by atoms with van der Waals surface area (Å²) in [4.78, 5) is 48.5. The van der Waals surface area contributed by atoms with Crippen LogP contribution < -0.4 is 5.32 Å². The Kier molecular flexibility index (Phi) is 10.5. The van der Waals surface area contributed by atoms with Gasteiger partial charge in [0.1, 0.15) is 11.9 Å². The number of benzene rings is 1. The van der Waals surface area contributed by atoms with Gasteiger partial charge < -0.3 is 20.1 Å². The van der Waals surface area contributed by atoms with E-state index in [1.165, 1.54) is 5.57 Å². The molecule has 312 valence electrons. The lowest BCUT2D eigenvalue weighted by Crippen LogP contribution is -2.67. The molecule has 11 atom stereocenters. The van der Waals surface area contributed by atoms with Crippen molar-refractivity contribution in [2.45, 2.75) is 152 Å². The number of carbonyl (C=O) groups is 3. The molecule has 1 aromatic carbocycles. The lowest BCUT2D eigenvalue weighted by Gasteiger charge is -2.72. The third kappa shape index (κ3) is 6.53. The van der Waals surface area contributed by atoms with E-state index >= 15 is 4.79 Å². The van der Waals surface area contributed by atoms with Crippen molar-refractivity contribution >= 4 is 17.8 Å². The Labute approximate surface area is 342 Å². The summed E-state index contributed by atoms with van der Waals surface area (Å²) in [6, 6.07) is 10.0. The highest BCUT2D eigenvalue weighted by atomic mass is 16.5. The number of hydrogen-bond acceptors (Lipinski definition) is 5. The van der Waals surface area contributed by atoms with Gasteiger partial charge in [0.2, 0.25) is 5.91 Å². The lowest BCUT2D eigenvalue weighted by atomic mass is 9.32. The number of aromatic amines is 1. The fourth-order valence-corrected chi connectivity index (χ4v) is 14.5. The van der Waals surface area contributed by atoms with Crippen molar-refractivity contribution in [3.63, 3.8) is 0 Å². The van der Waals surface area contributed by atoms with Crippen LogP contribution in [0.15, 0.2) is 48.7 Å². The number of aliphatic carboxylic acids is 1. The van der Waals surface area contributed by atoms with E-state index < -0.39 is 22.8 Å². The first-order chi connectivity index (χ1) is 26.6. The third-order valence-electron chi connectivity index (χ3n) is 17.8. The molecule has 7 rings (SSSR count). The number of nitrogens with zero attached hydrogens (tertiary/aromatic N) is 1. The van der Waals surface area contributed by atoms with Gasteiger partial charge in [-0.1, -0.05) is 91.0 Å². The fraction of sp³-hybridized carbons (Fsp3) is 0.714. The van der Waals surface area contributed by atoms with Crippen LogP contribution in [0, 0.1) is 68.0 Å². The van der Waals surface area contributed by atoms with E-state index in [0.29, 0.717) is 23.7 Å². The van der Waals surface area contributed by atoms with Gasteiger partial charge in [-0.3, -0.25) is 14.4 Å². The molecule has 3 N–H and O–H groups in total. The molecule has 0 radical (unpaired) electrons. The first-order valence-electron chi connectivity index (χ1n) is 22.1. The first-order valence-corrected chi connectivity index (χ1v) is 22.1. The number of carbonyl (C=O) groups excluding carboxylic acids is 2. The van der Waals surface area contributed by atoms with Crippen LogP contribution in [0.25, 0.3) is 11.3 Å². The molecule has 1 heterocycles. The van der Waals surface area contributed by atoms with Gasteiger partial charge in [0, 0.05) is 5.41 Å². The predicted molar refractivity (Wildman–Crippen MR) is 225 cm³/mol. The van der Waals surface area contributed by atoms with Crippen LogP contribution in [0.4, 0.5) is 0 Å². The summed E-state index contributed by atoms with van der Waals surface area (Å²) in [6.07, 6.45) is 11.7. The highest BCUT2D eigenvalue weighted by Crippen LogP contribution is 2.77. The zero-order chi connectivity index (χ0) is 41.5. The van der Waals surface area contributed by atoms with Gasteiger partial charge in [0.25, 0.3) is 0 Å². The Morgan fingerprint density at radius 2 is 1.63 bits per heavy atom. The molecule has 2 aromatic rings. The Morgan fingerprint density at radius 3 is 2.28 bits per heavy atom. The Balaban J connectivity index is 1.14. The van der Waals surface area contributed by atoms with Gasteiger partial charge in [-0.25, -0.2) is 4.98 Å². The minimum absolute atomic E-state index is 0.0787. The second kappa shape index (κ2) is 14.4. The molecular formula is C49H71N3O5. The second-order valence-corrected chi connectivity index (χ2v) is 21.8. The number of carboxylic acids is 1. The number of amides is 1. The zero-order valence-corrected chi connectivity index (χ0v) is 36.6. The summed E-state index contributed by atoms with van der Waals surface area (Å²) in [5.74, 6) is 1.72. The maximum Gasteiger partial charge on any atom is 0.309 e. The van der Waals surface area contributed by atoms with E-state index in [2.05, 4.69) is 84.4 Å². The highest BCUT2D eigenvalue weighted by Gasteiger charge is 2.72. The molecule has 8 heteroatoms. The molecule has 57 heavy (non-hydrogen) atoms. The van der Waals surface area contributed by atoms with Crippen molar-refractivity contribution in [1.29, 1.82) is 0 Å². The zero-order valence-electron chi connectivity index (χ0n) is 36.6. The topological polar surface area (TPSA) is 121 Å². The smallest absolute Gasteiger partial charge is 0.309 e. The number of ether oxygens (including phenoxy) is 1. The molecule has 1 aromatic heterocycles. The van der Waals surface area contributed by atoms with Crippen LogP contribution in [0.2, 0.25) is 0 Å². The van der Waals surface area contributed by atoms with Gasteiger partial charge in [0.05, 0.1) is 35.2 Å². The number of aromatic nitrogens is 2. The van der Waals surface area contributed by atoms with Crippen LogP contribution in [-0.2, 0) is 19.1 Å². The average Bonchev–Trinajstić information content (AvgIpc) is 3.79. The highest BCUT2D eigenvalue weighted by molar-refractivity contribution is 5.84. The van der Waals surface area contributed by atoms with Crippen molar-refractivity contribution < 1.29 is 24.2 Å². The van der Waals surface area contributed by atoms with Crippen LogP contribution in [0.3, 0.4) is 0 Å². The maximum absolute atomic E-state index is 15.2. The number of fused-ring (bicyclic) bond motifs is 7. The minimum atomic E-state index is -1.16. The fourth-order valence-electron chi connectivity index (χ4n) is 14.5. The van der Waals surface area contributed by atoms with Gasteiger partial charge >= 0.3 is 11.9 Å². The number of esters is 1. The van der Waals surface area contributed by atoms with E-state index in [0.717, 1.165) is 81.3 Å². The van der Waals surface area contributed by atoms with Crippen LogP contribution in [0.5, 0.6) is 0 Å². The van der Waals surface area contributed by atoms with Crippen molar-refractivity contribution in [3.05, 3.63) is 54.5 Å². The molecular weight excluding hydrogens is 711 g/mol. The van der Waals surface area contributed by atoms with Crippen LogP contribution in [-0.4, -0.2) is 39.0 Å². The van der Waals surface area contributed by atoms with E-state index in [1.54, 1.807) is 13.8 Å². The number of rotatable bonds is 10. The average molecular weight is 782 g/mol. The SMILES string of the molecule is C=C(C)[C@@H]1CC[C@]2(C(=O)N[C@H](c3ncc(-c4ccccc4)[nH]3)C(C)C)CC[C@]3(C)[C@H](CC[C@@H]4[C@@]5(C)CC[C@H](OC(=O)CC(C)(C)C(=O)O)C(C)(C)[C@@H]5CC[C@]43C)[C@@H]12. The Bertz CT molecular complexity index is 1880. The summed E-state index contributed by atoms with van der Waals surface area (Å²) in [5.41, 5.74) is 1.73. The number of H-pyrrole nitrogens is 1. The van der Waals surface area contributed by atoms with E-state index in [-0.39, 0.29) is 58.0 Å². The molecule has 8 nitrogen and oxygen atoms in total. The van der Waals surface area contributed by atoms with E-state index in [9.17, 15) is 14.7 Å². The lowest BCUT2D eigenvalue weighted by molar-refractivity contribution is -0.249. The van der Waals surface area contributed by atoms with Crippen LogP contribution in [0.1, 0.15) is 152 Å². The van der Waals surface area contributed by atoms with Crippen molar-refractivity contribution in [2.75, 3.05) is 0 Å². The van der Waals surface area contributed by atoms with E-state index in [4.69, 9.17) is 9.72 Å². The van der Waals surface area contributed by atoms with Crippen molar-refractivity contribution in [1.82, 2.24) is 15.3 Å². The molecule has 5 fully saturated rings. The molecule has 5 aliphatic rings. The maximum atomic E-state index is 15.2. The number of hydrogen-bond donors (Lipinski definition) is 3. The van der Waals surface area contributed by atoms with Crippen molar-refractivity contribution in [3.8, 4) is 11.3 Å². The molecule has 0 saturated heterocycles. The number of nitrogens with one attached hydrogen (secondary N) is 2. The summed E-state index contributed by atoms with van der Waals surface area (Å²) >= 11 is 0. The summed E-state index contributed by atoms with van der Waals surface area (Å²) in [5, 5.41) is 13.3. The molecule has 0 unspecified atom stereocenters. The first kappa shape index (κ1) is 41.7. The third-order valence-corrected chi connectivity index (χ3v) is 17.8. The van der Waals surface area contributed by atoms with E-state index in [1.807, 2.05) is 24.4 Å². The normalized spacial score (nSPS) is 37.5. The van der Waals surface area contributed by atoms with Gasteiger partial charge in [-0.2, -0.15) is 0 Å². The number of carboxylic acid groups (broad SMARTS) is 1. The summed E-state index contributed by atoms with van der Waals surface area (Å²) < 4.78 is 6.21. The quantitative estimate of drug-likeness (QED) is 0.163. The second-order valence-electron chi connectivity index (χ2n) is 21.8. The molecule has 0 spiro atoms.